The minimum Gasteiger partial charge on any atom is -0.493 e. The fourth-order valence-electron chi connectivity index (χ4n) is 3.02. The van der Waals surface area contributed by atoms with Gasteiger partial charge >= 0.3 is 0 Å². The average Bonchev–Trinajstić information content (AvgIpc) is 3.44. The number of rotatable bonds is 3. The first-order valence-electron chi connectivity index (χ1n) is 8.59. The van der Waals surface area contributed by atoms with Crippen molar-refractivity contribution in [2.24, 2.45) is 9.98 Å². The number of allylic oxidation sites excluding steroid dienone is 1. The zero-order valence-electron chi connectivity index (χ0n) is 14.6. The van der Waals surface area contributed by atoms with E-state index in [0.717, 1.165) is 27.4 Å². The average molecular weight is 403 g/mol. The molecular weight excluding hydrogens is 388 g/mol. The number of aliphatic imine (C=N–C) groups is 1. The SMILES string of the molecule is Oc1c(/C=C2\C=Nc3ccccc32)s/c(=N/c2nccs2)n1-c1ccccc1. The molecular formula is C21H14N4OS2. The summed E-state index contributed by atoms with van der Waals surface area (Å²) in [6, 6.07) is 17.7. The third kappa shape index (κ3) is 3.00. The normalized spacial score (nSPS) is 14.7. The predicted molar refractivity (Wildman–Crippen MR) is 115 cm³/mol. The van der Waals surface area contributed by atoms with E-state index in [2.05, 4.69) is 15.0 Å². The van der Waals surface area contributed by atoms with Gasteiger partial charge in [0, 0.05) is 28.9 Å². The number of fused-ring (bicyclic) bond motifs is 1. The van der Waals surface area contributed by atoms with Crippen LogP contribution in [0.15, 0.2) is 76.2 Å². The van der Waals surface area contributed by atoms with Gasteiger partial charge in [-0.1, -0.05) is 47.7 Å². The quantitative estimate of drug-likeness (QED) is 0.513. The second kappa shape index (κ2) is 7.03. The summed E-state index contributed by atoms with van der Waals surface area (Å²) in [5.41, 5.74) is 3.80. The maximum atomic E-state index is 11.0. The number of para-hydroxylation sites is 2. The van der Waals surface area contributed by atoms with E-state index in [1.807, 2.05) is 72.3 Å². The first-order valence-corrected chi connectivity index (χ1v) is 10.3. The van der Waals surface area contributed by atoms with Gasteiger partial charge in [-0.15, -0.1) is 11.3 Å². The van der Waals surface area contributed by atoms with Crippen LogP contribution in [-0.4, -0.2) is 20.9 Å². The van der Waals surface area contributed by atoms with E-state index < -0.39 is 0 Å². The smallest absolute Gasteiger partial charge is 0.215 e. The molecule has 4 aromatic rings. The lowest BCUT2D eigenvalue weighted by molar-refractivity contribution is 0.439. The van der Waals surface area contributed by atoms with Gasteiger partial charge in [0.25, 0.3) is 0 Å². The Kier molecular flexibility index (Phi) is 4.23. The van der Waals surface area contributed by atoms with Gasteiger partial charge in [0.05, 0.1) is 16.3 Å². The minimum atomic E-state index is 0.150. The molecule has 1 aliphatic heterocycles. The number of thiazole rings is 2. The largest absolute Gasteiger partial charge is 0.493 e. The van der Waals surface area contributed by atoms with Crippen molar-refractivity contribution in [1.29, 1.82) is 0 Å². The second-order valence-electron chi connectivity index (χ2n) is 6.04. The molecule has 0 fully saturated rings. The number of nitrogens with zero attached hydrogens (tertiary/aromatic N) is 4. The predicted octanol–water partition coefficient (Wildman–Crippen LogP) is 5.19. The van der Waals surface area contributed by atoms with Crippen LogP contribution in [0.2, 0.25) is 0 Å². The zero-order valence-corrected chi connectivity index (χ0v) is 16.2. The number of aromatic nitrogens is 2. The van der Waals surface area contributed by atoms with Crippen LogP contribution in [0.4, 0.5) is 10.8 Å². The van der Waals surface area contributed by atoms with E-state index in [0.29, 0.717) is 9.93 Å². The molecule has 136 valence electrons. The van der Waals surface area contributed by atoms with Crippen molar-refractivity contribution in [2.75, 3.05) is 0 Å². The Labute approximate surface area is 169 Å². The summed E-state index contributed by atoms with van der Waals surface area (Å²) in [7, 11) is 0. The second-order valence-corrected chi connectivity index (χ2v) is 7.93. The van der Waals surface area contributed by atoms with Crippen molar-refractivity contribution < 1.29 is 5.11 Å². The highest BCUT2D eigenvalue weighted by atomic mass is 32.1. The van der Waals surface area contributed by atoms with E-state index in [1.165, 1.54) is 22.7 Å². The summed E-state index contributed by atoms with van der Waals surface area (Å²) in [5.74, 6) is 0.150. The van der Waals surface area contributed by atoms with E-state index in [4.69, 9.17) is 0 Å². The standard InChI is InChI=1S/C21H14N4OS2/c26-19-18(12-14-13-23-17-9-5-4-8-16(14)17)28-21(24-20-22-10-11-27-20)25(19)15-6-2-1-3-7-15/h1-13,26H/b14-12+,24-21+. The van der Waals surface area contributed by atoms with Crippen LogP contribution in [0, 0.1) is 0 Å². The molecule has 7 heteroatoms. The molecule has 1 N–H and O–H groups in total. The van der Waals surface area contributed by atoms with E-state index in [9.17, 15) is 5.11 Å². The maximum Gasteiger partial charge on any atom is 0.215 e. The van der Waals surface area contributed by atoms with Crippen LogP contribution in [-0.2, 0) is 0 Å². The Morgan fingerprint density at radius 1 is 1.04 bits per heavy atom. The molecule has 3 heterocycles. The van der Waals surface area contributed by atoms with Crippen LogP contribution in [0.1, 0.15) is 10.4 Å². The van der Waals surface area contributed by atoms with Gasteiger partial charge in [0.15, 0.2) is 4.80 Å². The summed E-state index contributed by atoms with van der Waals surface area (Å²) in [6.07, 6.45) is 5.50. The Bertz CT molecular complexity index is 1270. The molecule has 2 aromatic heterocycles. The topological polar surface area (TPSA) is 62.8 Å². The molecule has 5 nitrogen and oxygen atoms in total. The molecule has 1 aliphatic rings. The number of benzene rings is 2. The van der Waals surface area contributed by atoms with Crippen molar-refractivity contribution in [3.8, 4) is 11.6 Å². The third-order valence-corrected chi connectivity index (χ3v) is 5.94. The first kappa shape index (κ1) is 16.9. The molecule has 28 heavy (non-hydrogen) atoms. The van der Waals surface area contributed by atoms with Gasteiger partial charge in [-0.05, 0) is 24.3 Å². The molecule has 0 spiro atoms. The van der Waals surface area contributed by atoms with Crippen molar-refractivity contribution in [1.82, 2.24) is 9.55 Å². The molecule has 0 atom stereocenters. The van der Waals surface area contributed by atoms with Crippen LogP contribution in [0.3, 0.4) is 0 Å². The lowest BCUT2D eigenvalue weighted by Gasteiger charge is -2.04. The molecule has 0 unspecified atom stereocenters. The number of hydrogen-bond donors (Lipinski definition) is 1. The minimum absolute atomic E-state index is 0.150. The van der Waals surface area contributed by atoms with Crippen LogP contribution in [0.25, 0.3) is 17.3 Å². The zero-order chi connectivity index (χ0) is 18.9. The molecule has 0 amide bonds. The molecule has 2 aromatic carbocycles. The van der Waals surface area contributed by atoms with Gasteiger partial charge in [0.2, 0.25) is 11.0 Å². The molecule has 0 bridgehead atoms. The van der Waals surface area contributed by atoms with Gasteiger partial charge in [0.1, 0.15) is 0 Å². The van der Waals surface area contributed by atoms with Gasteiger partial charge < -0.3 is 5.11 Å². The molecule has 0 saturated carbocycles. The number of hydrogen-bond acceptors (Lipinski definition) is 6. The Morgan fingerprint density at radius 3 is 2.68 bits per heavy atom. The van der Waals surface area contributed by atoms with Crippen LogP contribution in [0.5, 0.6) is 5.88 Å². The highest BCUT2D eigenvalue weighted by Gasteiger charge is 2.17. The summed E-state index contributed by atoms with van der Waals surface area (Å²) in [6.45, 7) is 0. The van der Waals surface area contributed by atoms with Crippen molar-refractivity contribution in [3.63, 3.8) is 0 Å². The lowest BCUT2D eigenvalue weighted by atomic mass is 10.1. The third-order valence-electron chi connectivity index (χ3n) is 4.29. The summed E-state index contributed by atoms with van der Waals surface area (Å²) in [4.78, 5) is 14.7. The maximum absolute atomic E-state index is 11.0. The lowest BCUT2D eigenvalue weighted by Crippen LogP contribution is -2.11. The first-order chi connectivity index (χ1) is 13.8. The monoisotopic (exact) mass is 402 g/mol. The highest BCUT2D eigenvalue weighted by molar-refractivity contribution is 7.13. The van der Waals surface area contributed by atoms with Crippen LogP contribution >= 0.6 is 22.7 Å². The fourth-order valence-corrected chi connectivity index (χ4v) is 4.56. The van der Waals surface area contributed by atoms with Gasteiger partial charge in [-0.3, -0.25) is 9.56 Å². The molecule has 0 saturated heterocycles. The summed E-state index contributed by atoms with van der Waals surface area (Å²) < 4.78 is 1.75. The summed E-state index contributed by atoms with van der Waals surface area (Å²) >= 11 is 2.87. The Balaban J connectivity index is 1.70. The van der Waals surface area contributed by atoms with E-state index in [1.54, 1.807) is 10.8 Å². The molecule has 0 radical (unpaired) electrons. The van der Waals surface area contributed by atoms with Crippen molar-refractivity contribution in [3.05, 3.63) is 81.4 Å². The molecule has 0 aliphatic carbocycles. The fraction of sp³-hybridized carbons (Fsp3) is 0. The summed E-state index contributed by atoms with van der Waals surface area (Å²) in [5, 5.41) is 13.5. The Hall–Kier alpha value is -3.29. The molecule has 5 rings (SSSR count). The van der Waals surface area contributed by atoms with Crippen LogP contribution < -0.4 is 4.80 Å². The van der Waals surface area contributed by atoms with E-state index >= 15 is 0 Å². The Morgan fingerprint density at radius 2 is 1.86 bits per heavy atom. The van der Waals surface area contributed by atoms with Crippen molar-refractivity contribution >= 4 is 51.4 Å². The van der Waals surface area contributed by atoms with Crippen molar-refractivity contribution in [2.45, 2.75) is 0 Å². The highest BCUT2D eigenvalue weighted by Crippen LogP contribution is 2.35. The number of aromatic hydroxyl groups is 1. The van der Waals surface area contributed by atoms with E-state index in [-0.39, 0.29) is 5.88 Å². The van der Waals surface area contributed by atoms with Gasteiger partial charge in [-0.25, -0.2) is 4.98 Å². The van der Waals surface area contributed by atoms with Gasteiger partial charge in [-0.2, -0.15) is 4.99 Å².